The van der Waals surface area contributed by atoms with Gasteiger partial charge in [-0.25, -0.2) is 0 Å². The van der Waals surface area contributed by atoms with Crippen LogP contribution in [0.15, 0.2) is 22.7 Å². The number of benzene rings is 1. The van der Waals surface area contributed by atoms with E-state index >= 15 is 0 Å². The molecule has 2 N–H and O–H groups in total. The Bertz CT molecular complexity index is 353. The normalized spacial score (nSPS) is 10.9. The Hall–Kier alpha value is -0.580. The van der Waals surface area contributed by atoms with Crippen molar-refractivity contribution in [2.75, 3.05) is 45.7 Å². The minimum Gasteiger partial charge on any atom is -0.373 e. The molecular formula is C13H22BrN3. The van der Waals surface area contributed by atoms with Gasteiger partial charge >= 0.3 is 0 Å². The molecule has 0 atom stereocenters. The van der Waals surface area contributed by atoms with Gasteiger partial charge in [0, 0.05) is 30.3 Å². The fourth-order valence-corrected chi connectivity index (χ4v) is 2.08. The van der Waals surface area contributed by atoms with Crippen LogP contribution in [-0.2, 0) is 6.42 Å². The molecule has 3 nitrogen and oxygen atoms in total. The summed E-state index contributed by atoms with van der Waals surface area (Å²) in [6, 6.07) is 6.40. The summed E-state index contributed by atoms with van der Waals surface area (Å²) in [5.41, 5.74) is 8.24. The second kappa shape index (κ2) is 6.99. The molecule has 0 saturated carbocycles. The van der Waals surface area contributed by atoms with E-state index in [0.717, 1.165) is 24.0 Å². The van der Waals surface area contributed by atoms with Crippen molar-refractivity contribution in [1.82, 2.24) is 4.90 Å². The maximum absolute atomic E-state index is 5.65. The van der Waals surface area contributed by atoms with E-state index in [-0.39, 0.29) is 0 Å². The lowest BCUT2D eigenvalue weighted by Gasteiger charge is -2.24. The van der Waals surface area contributed by atoms with E-state index < -0.39 is 0 Å². The van der Waals surface area contributed by atoms with Gasteiger partial charge in [0.1, 0.15) is 0 Å². The van der Waals surface area contributed by atoms with Crippen LogP contribution in [0, 0.1) is 0 Å². The zero-order valence-corrected chi connectivity index (χ0v) is 12.5. The van der Waals surface area contributed by atoms with Gasteiger partial charge in [-0.3, -0.25) is 0 Å². The highest BCUT2D eigenvalue weighted by molar-refractivity contribution is 9.10. The van der Waals surface area contributed by atoms with Crippen molar-refractivity contribution in [2.45, 2.75) is 6.42 Å². The van der Waals surface area contributed by atoms with Gasteiger partial charge in [0.15, 0.2) is 0 Å². The summed E-state index contributed by atoms with van der Waals surface area (Å²) in [4.78, 5) is 4.48. The maximum atomic E-state index is 5.65. The molecule has 1 rings (SSSR count). The summed E-state index contributed by atoms with van der Waals surface area (Å²) in [6.07, 6.45) is 0.926. The lowest BCUT2D eigenvalue weighted by atomic mass is 10.1. The first kappa shape index (κ1) is 14.5. The Morgan fingerprint density at radius 3 is 2.47 bits per heavy atom. The number of nitrogens with two attached hydrogens (primary N) is 1. The molecule has 0 aliphatic rings. The fraction of sp³-hybridized carbons (Fsp3) is 0.538. The van der Waals surface area contributed by atoms with Crippen molar-refractivity contribution in [1.29, 1.82) is 0 Å². The molecule has 1 aromatic rings. The van der Waals surface area contributed by atoms with Gasteiger partial charge < -0.3 is 15.5 Å². The summed E-state index contributed by atoms with van der Waals surface area (Å²) >= 11 is 3.53. The van der Waals surface area contributed by atoms with Crippen LogP contribution in [0.1, 0.15) is 5.56 Å². The smallest absolute Gasteiger partial charge is 0.0408 e. The fourth-order valence-electron chi connectivity index (χ4n) is 1.73. The molecule has 1 aromatic carbocycles. The molecule has 0 bridgehead atoms. The quantitative estimate of drug-likeness (QED) is 0.871. The topological polar surface area (TPSA) is 32.5 Å². The third-order valence-electron chi connectivity index (χ3n) is 2.75. The first-order valence-electron chi connectivity index (χ1n) is 5.89. The molecule has 0 spiro atoms. The number of rotatable bonds is 6. The Balaban J connectivity index is 2.81. The van der Waals surface area contributed by atoms with Crippen molar-refractivity contribution in [3.05, 3.63) is 28.2 Å². The predicted octanol–water partition coefficient (Wildman–Crippen LogP) is 1.95. The molecule has 17 heavy (non-hydrogen) atoms. The Morgan fingerprint density at radius 2 is 1.88 bits per heavy atom. The Labute approximate surface area is 113 Å². The standard InChI is InChI=1S/C13H22BrN3/c1-16(2)8-9-17(3)13-10-12(14)5-4-11(13)6-7-15/h4-5,10H,6-9,15H2,1-3H3. The first-order valence-corrected chi connectivity index (χ1v) is 6.68. The highest BCUT2D eigenvalue weighted by Gasteiger charge is 2.08. The van der Waals surface area contributed by atoms with E-state index in [9.17, 15) is 0 Å². The molecule has 0 amide bonds. The zero-order chi connectivity index (χ0) is 12.8. The molecule has 4 heteroatoms. The van der Waals surface area contributed by atoms with Crippen molar-refractivity contribution in [2.24, 2.45) is 5.73 Å². The summed E-state index contributed by atoms with van der Waals surface area (Å²) in [6.45, 7) is 2.75. The summed E-state index contributed by atoms with van der Waals surface area (Å²) in [5.74, 6) is 0. The molecule has 0 aliphatic heterocycles. The van der Waals surface area contributed by atoms with Crippen LogP contribution < -0.4 is 10.6 Å². The predicted molar refractivity (Wildman–Crippen MR) is 78.7 cm³/mol. The molecule has 0 unspecified atom stereocenters. The Morgan fingerprint density at radius 1 is 1.18 bits per heavy atom. The average Bonchev–Trinajstić information content (AvgIpc) is 2.28. The number of likely N-dealkylation sites (N-methyl/N-ethyl adjacent to an activating group) is 2. The van der Waals surface area contributed by atoms with Gasteiger partial charge in [-0.15, -0.1) is 0 Å². The third kappa shape index (κ3) is 4.66. The van der Waals surface area contributed by atoms with Crippen LogP contribution >= 0.6 is 15.9 Å². The molecular weight excluding hydrogens is 278 g/mol. The molecule has 0 aliphatic carbocycles. The number of hydrogen-bond acceptors (Lipinski definition) is 3. The molecule has 0 heterocycles. The van der Waals surface area contributed by atoms with Gasteiger partial charge in [0.25, 0.3) is 0 Å². The monoisotopic (exact) mass is 299 g/mol. The number of hydrogen-bond donors (Lipinski definition) is 1. The van der Waals surface area contributed by atoms with Gasteiger partial charge in [-0.2, -0.15) is 0 Å². The molecule has 0 aromatic heterocycles. The van der Waals surface area contributed by atoms with Crippen LogP contribution in [0.5, 0.6) is 0 Å². The number of halogens is 1. The highest BCUT2D eigenvalue weighted by Crippen LogP contribution is 2.24. The Kier molecular flexibility index (Phi) is 5.95. The number of nitrogens with zero attached hydrogens (tertiary/aromatic N) is 2. The summed E-state index contributed by atoms with van der Waals surface area (Å²) < 4.78 is 1.12. The van der Waals surface area contributed by atoms with Crippen LogP contribution in [0.3, 0.4) is 0 Å². The van der Waals surface area contributed by atoms with E-state index in [0.29, 0.717) is 6.54 Å². The van der Waals surface area contributed by atoms with E-state index in [1.165, 1.54) is 11.3 Å². The van der Waals surface area contributed by atoms with Crippen molar-refractivity contribution in [3.63, 3.8) is 0 Å². The molecule has 0 radical (unpaired) electrons. The average molecular weight is 300 g/mol. The number of anilines is 1. The molecule has 0 saturated heterocycles. The van der Waals surface area contributed by atoms with Gasteiger partial charge in [0.05, 0.1) is 0 Å². The SMILES string of the molecule is CN(C)CCN(C)c1cc(Br)ccc1CCN. The summed E-state index contributed by atoms with van der Waals surface area (Å²) in [7, 11) is 6.32. The van der Waals surface area contributed by atoms with E-state index in [1.54, 1.807) is 0 Å². The second-order valence-corrected chi connectivity index (χ2v) is 5.45. The van der Waals surface area contributed by atoms with Crippen LogP contribution in [0.4, 0.5) is 5.69 Å². The second-order valence-electron chi connectivity index (χ2n) is 4.54. The maximum Gasteiger partial charge on any atom is 0.0408 e. The van der Waals surface area contributed by atoms with E-state index in [2.05, 4.69) is 65.1 Å². The molecule has 0 fully saturated rings. The van der Waals surface area contributed by atoms with Crippen LogP contribution in [0.25, 0.3) is 0 Å². The van der Waals surface area contributed by atoms with Gasteiger partial charge in [-0.05, 0) is 44.8 Å². The van der Waals surface area contributed by atoms with Gasteiger partial charge in [0.2, 0.25) is 0 Å². The van der Waals surface area contributed by atoms with E-state index in [4.69, 9.17) is 5.73 Å². The van der Waals surface area contributed by atoms with Crippen LogP contribution in [-0.4, -0.2) is 45.7 Å². The van der Waals surface area contributed by atoms with Crippen molar-refractivity contribution >= 4 is 21.6 Å². The highest BCUT2D eigenvalue weighted by atomic mass is 79.9. The first-order chi connectivity index (χ1) is 8.04. The van der Waals surface area contributed by atoms with Crippen molar-refractivity contribution in [3.8, 4) is 0 Å². The minimum absolute atomic E-state index is 0.691. The largest absolute Gasteiger partial charge is 0.373 e. The lowest BCUT2D eigenvalue weighted by Crippen LogP contribution is -2.29. The van der Waals surface area contributed by atoms with Crippen LogP contribution in [0.2, 0.25) is 0 Å². The third-order valence-corrected chi connectivity index (χ3v) is 3.25. The van der Waals surface area contributed by atoms with Crippen molar-refractivity contribution < 1.29 is 0 Å². The van der Waals surface area contributed by atoms with Gasteiger partial charge in [-0.1, -0.05) is 22.0 Å². The minimum atomic E-state index is 0.691. The summed E-state index contributed by atoms with van der Waals surface area (Å²) in [5, 5.41) is 0. The lowest BCUT2D eigenvalue weighted by molar-refractivity contribution is 0.416. The van der Waals surface area contributed by atoms with E-state index in [1.807, 2.05) is 0 Å². The zero-order valence-electron chi connectivity index (χ0n) is 10.9. The molecule has 96 valence electrons.